The first-order valence-corrected chi connectivity index (χ1v) is 9.72. The molecular formula is C22H25N3O3. The molecule has 2 fully saturated rings. The number of methoxy groups -OCH3 is 1. The number of likely N-dealkylation sites (tertiary alicyclic amines) is 2. The van der Waals surface area contributed by atoms with Crippen LogP contribution in [-0.2, 0) is 4.79 Å². The summed E-state index contributed by atoms with van der Waals surface area (Å²) in [5.41, 5.74) is 1.78. The van der Waals surface area contributed by atoms with Gasteiger partial charge in [-0.15, -0.1) is 0 Å². The maximum absolute atomic E-state index is 13.2. The summed E-state index contributed by atoms with van der Waals surface area (Å²) >= 11 is 0. The molecule has 2 aliphatic heterocycles. The first-order valence-electron chi connectivity index (χ1n) is 9.72. The summed E-state index contributed by atoms with van der Waals surface area (Å²) in [6.45, 7) is 2.98. The maximum atomic E-state index is 13.2. The molecule has 0 aliphatic carbocycles. The minimum absolute atomic E-state index is 0.00503. The van der Waals surface area contributed by atoms with Gasteiger partial charge in [-0.3, -0.25) is 14.6 Å². The normalized spacial score (nSPS) is 24.0. The summed E-state index contributed by atoms with van der Waals surface area (Å²) in [6, 6.07) is 11.5. The van der Waals surface area contributed by atoms with E-state index >= 15 is 0 Å². The molecule has 4 rings (SSSR count). The lowest BCUT2D eigenvalue weighted by atomic mass is 9.86. The Balaban J connectivity index is 1.70. The quantitative estimate of drug-likeness (QED) is 0.823. The van der Waals surface area contributed by atoms with E-state index in [1.807, 2.05) is 34.1 Å². The van der Waals surface area contributed by atoms with Crippen LogP contribution < -0.4 is 4.74 Å². The summed E-state index contributed by atoms with van der Waals surface area (Å²) in [6.07, 6.45) is 5.11. The Morgan fingerprint density at radius 1 is 1.07 bits per heavy atom. The molecule has 3 atom stereocenters. The second-order valence-corrected chi connectivity index (χ2v) is 7.49. The molecule has 0 saturated carbocycles. The fourth-order valence-electron chi connectivity index (χ4n) is 4.69. The Hall–Kier alpha value is -2.89. The first-order chi connectivity index (χ1) is 13.6. The molecule has 146 valence electrons. The highest BCUT2D eigenvalue weighted by Crippen LogP contribution is 2.41. The van der Waals surface area contributed by atoms with E-state index < -0.39 is 0 Å². The topological polar surface area (TPSA) is 62.7 Å². The molecular weight excluding hydrogens is 354 g/mol. The molecule has 28 heavy (non-hydrogen) atoms. The number of aromatic nitrogens is 1. The van der Waals surface area contributed by atoms with Crippen molar-refractivity contribution >= 4 is 11.8 Å². The molecule has 6 nitrogen and oxygen atoms in total. The van der Waals surface area contributed by atoms with Crippen molar-refractivity contribution in [2.45, 2.75) is 37.8 Å². The average Bonchev–Trinajstić information content (AvgIpc) is 3.13. The number of hydrogen-bond acceptors (Lipinski definition) is 4. The van der Waals surface area contributed by atoms with Gasteiger partial charge < -0.3 is 14.5 Å². The Kier molecular flexibility index (Phi) is 5.03. The molecule has 1 aromatic heterocycles. The number of ether oxygens (including phenoxy) is 1. The van der Waals surface area contributed by atoms with Gasteiger partial charge in [0.25, 0.3) is 5.91 Å². The van der Waals surface area contributed by atoms with Crippen molar-refractivity contribution in [2.75, 3.05) is 20.2 Å². The highest BCUT2D eigenvalue weighted by atomic mass is 16.5. The van der Waals surface area contributed by atoms with E-state index in [2.05, 4.69) is 4.98 Å². The zero-order valence-electron chi connectivity index (χ0n) is 16.2. The Labute approximate surface area is 165 Å². The SMILES string of the molecule is COc1ccc([C@H]2CN(C(=O)c3ccncc3)[C@@H]3CCCN(C(C)=O)[C@H]23)cc1. The predicted octanol–water partition coefficient (Wildman–Crippen LogP) is 2.71. The van der Waals surface area contributed by atoms with Crippen molar-refractivity contribution in [1.82, 2.24) is 14.8 Å². The number of piperidine rings is 1. The van der Waals surface area contributed by atoms with E-state index in [4.69, 9.17) is 4.74 Å². The number of fused-ring (bicyclic) bond motifs is 1. The van der Waals surface area contributed by atoms with Gasteiger partial charge in [-0.2, -0.15) is 0 Å². The van der Waals surface area contributed by atoms with Crippen LogP contribution >= 0.6 is 0 Å². The number of amides is 2. The van der Waals surface area contributed by atoms with Crippen molar-refractivity contribution in [3.63, 3.8) is 0 Å². The molecule has 0 radical (unpaired) electrons. The van der Waals surface area contributed by atoms with E-state index in [-0.39, 0.29) is 29.8 Å². The van der Waals surface area contributed by atoms with Crippen molar-refractivity contribution in [2.24, 2.45) is 0 Å². The van der Waals surface area contributed by atoms with Crippen LogP contribution in [0.3, 0.4) is 0 Å². The first kappa shape index (κ1) is 18.5. The smallest absolute Gasteiger partial charge is 0.254 e. The molecule has 2 amide bonds. The highest BCUT2D eigenvalue weighted by Gasteiger charge is 2.49. The Morgan fingerprint density at radius 2 is 1.79 bits per heavy atom. The molecule has 6 heteroatoms. The van der Waals surface area contributed by atoms with Crippen molar-refractivity contribution in [3.05, 3.63) is 59.9 Å². The van der Waals surface area contributed by atoms with E-state index in [1.165, 1.54) is 0 Å². The summed E-state index contributed by atoms with van der Waals surface area (Å²) in [5.74, 6) is 0.978. The highest BCUT2D eigenvalue weighted by molar-refractivity contribution is 5.94. The third-order valence-electron chi connectivity index (χ3n) is 6.00. The fourth-order valence-corrected chi connectivity index (χ4v) is 4.69. The fraction of sp³-hybridized carbons (Fsp3) is 0.409. The number of carbonyl (C=O) groups excluding carboxylic acids is 2. The van der Waals surface area contributed by atoms with Gasteiger partial charge in [0.05, 0.1) is 19.2 Å². The molecule has 2 aliphatic rings. The van der Waals surface area contributed by atoms with Gasteiger partial charge in [0.15, 0.2) is 0 Å². The molecule has 0 unspecified atom stereocenters. The second-order valence-electron chi connectivity index (χ2n) is 7.49. The minimum Gasteiger partial charge on any atom is -0.497 e. The third kappa shape index (κ3) is 3.23. The number of rotatable bonds is 3. The van der Waals surface area contributed by atoms with Crippen LogP contribution in [0, 0.1) is 0 Å². The number of nitrogens with zero attached hydrogens (tertiary/aromatic N) is 3. The zero-order valence-corrected chi connectivity index (χ0v) is 16.2. The molecule has 1 aromatic carbocycles. The van der Waals surface area contributed by atoms with E-state index in [9.17, 15) is 9.59 Å². The standard InChI is InChI=1S/C22H25N3O3/c1-15(26)24-13-3-4-20-21(24)19(16-5-7-18(28-2)8-6-16)14-25(20)22(27)17-9-11-23-12-10-17/h5-12,19-21H,3-4,13-14H2,1-2H3/t19-,20-,21-/m1/s1. The molecule has 0 spiro atoms. The van der Waals surface area contributed by atoms with Gasteiger partial charge >= 0.3 is 0 Å². The minimum atomic E-state index is 0.00503. The van der Waals surface area contributed by atoms with Gasteiger partial charge in [0, 0.05) is 43.9 Å². The number of benzene rings is 1. The zero-order chi connectivity index (χ0) is 19.7. The second kappa shape index (κ2) is 7.62. The largest absolute Gasteiger partial charge is 0.497 e. The van der Waals surface area contributed by atoms with Crippen molar-refractivity contribution in [1.29, 1.82) is 0 Å². The van der Waals surface area contributed by atoms with Gasteiger partial charge in [0.1, 0.15) is 5.75 Å². The van der Waals surface area contributed by atoms with Crippen LogP contribution in [0.2, 0.25) is 0 Å². The Bertz CT molecular complexity index is 853. The number of carbonyl (C=O) groups is 2. The molecule has 2 aromatic rings. The van der Waals surface area contributed by atoms with Gasteiger partial charge in [-0.05, 0) is 42.7 Å². The van der Waals surface area contributed by atoms with E-state index in [1.54, 1.807) is 38.6 Å². The van der Waals surface area contributed by atoms with Gasteiger partial charge in [-0.25, -0.2) is 0 Å². The lowest BCUT2D eigenvalue weighted by Crippen LogP contribution is -2.53. The Morgan fingerprint density at radius 3 is 2.43 bits per heavy atom. The van der Waals surface area contributed by atoms with Crippen LogP contribution in [0.25, 0.3) is 0 Å². The summed E-state index contributed by atoms with van der Waals surface area (Å²) < 4.78 is 5.28. The van der Waals surface area contributed by atoms with E-state index in [0.717, 1.165) is 30.7 Å². The molecule has 2 saturated heterocycles. The molecule has 3 heterocycles. The van der Waals surface area contributed by atoms with Gasteiger partial charge in [0.2, 0.25) is 5.91 Å². The summed E-state index contributed by atoms with van der Waals surface area (Å²) in [4.78, 5) is 33.5. The average molecular weight is 379 g/mol. The van der Waals surface area contributed by atoms with Crippen LogP contribution in [0.1, 0.15) is 41.6 Å². The van der Waals surface area contributed by atoms with Crippen LogP contribution in [-0.4, -0.2) is 58.9 Å². The van der Waals surface area contributed by atoms with Crippen LogP contribution in [0.15, 0.2) is 48.8 Å². The molecule has 0 N–H and O–H groups in total. The lowest BCUT2D eigenvalue weighted by Gasteiger charge is -2.41. The lowest BCUT2D eigenvalue weighted by molar-refractivity contribution is -0.133. The van der Waals surface area contributed by atoms with Gasteiger partial charge in [-0.1, -0.05) is 12.1 Å². The summed E-state index contributed by atoms with van der Waals surface area (Å²) in [7, 11) is 1.65. The predicted molar refractivity (Wildman–Crippen MR) is 105 cm³/mol. The van der Waals surface area contributed by atoms with Crippen LogP contribution in [0.4, 0.5) is 0 Å². The number of hydrogen-bond donors (Lipinski definition) is 0. The number of pyridine rings is 1. The van der Waals surface area contributed by atoms with Crippen molar-refractivity contribution in [3.8, 4) is 5.75 Å². The third-order valence-corrected chi connectivity index (χ3v) is 6.00. The summed E-state index contributed by atoms with van der Waals surface area (Å²) in [5, 5.41) is 0. The van der Waals surface area contributed by atoms with Crippen molar-refractivity contribution < 1.29 is 14.3 Å². The monoisotopic (exact) mass is 379 g/mol. The van der Waals surface area contributed by atoms with Crippen LogP contribution in [0.5, 0.6) is 5.75 Å². The maximum Gasteiger partial charge on any atom is 0.254 e. The van der Waals surface area contributed by atoms with E-state index in [0.29, 0.717) is 12.1 Å². The molecule has 0 bridgehead atoms.